The number of allylic oxidation sites excluding steroid dienone is 4. The molecular weight excluding hydrogens is 208 g/mol. The van der Waals surface area contributed by atoms with Crippen molar-refractivity contribution in [1.29, 1.82) is 0 Å². The Kier molecular flexibility index (Phi) is 9.80. The van der Waals surface area contributed by atoms with Crippen LogP contribution in [0.5, 0.6) is 0 Å². The van der Waals surface area contributed by atoms with E-state index in [0.717, 1.165) is 25.7 Å². The van der Waals surface area contributed by atoms with Crippen molar-refractivity contribution in [2.75, 3.05) is 0 Å². The van der Waals surface area contributed by atoms with Crippen LogP contribution in [-0.4, -0.2) is 5.78 Å². The van der Waals surface area contributed by atoms with Crippen LogP contribution in [0.1, 0.15) is 72.6 Å². The lowest BCUT2D eigenvalue weighted by molar-refractivity contribution is -0.116. The molecule has 1 heteroatoms. The van der Waals surface area contributed by atoms with E-state index in [-0.39, 0.29) is 5.78 Å². The summed E-state index contributed by atoms with van der Waals surface area (Å²) in [5.74, 6) is 0.288. The Balaban J connectivity index is 4.04. The van der Waals surface area contributed by atoms with Gasteiger partial charge >= 0.3 is 0 Å². The first-order valence-corrected chi connectivity index (χ1v) is 6.99. The summed E-state index contributed by atoms with van der Waals surface area (Å²) >= 11 is 0. The molecule has 0 aliphatic heterocycles. The van der Waals surface area contributed by atoms with E-state index in [1.807, 2.05) is 0 Å². The van der Waals surface area contributed by atoms with Crippen molar-refractivity contribution in [2.24, 2.45) is 0 Å². The zero-order chi connectivity index (χ0) is 13.1. The first-order chi connectivity index (χ1) is 8.13. The van der Waals surface area contributed by atoms with Crippen LogP contribution in [0, 0.1) is 0 Å². The molecule has 0 fully saturated rings. The lowest BCUT2D eigenvalue weighted by Gasteiger charge is -2.04. The van der Waals surface area contributed by atoms with E-state index in [1.54, 1.807) is 12.5 Å². The van der Waals surface area contributed by atoms with E-state index in [2.05, 4.69) is 32.9 Å². The Morgan fingerprint density at radius 3 is 1.76 bits per heavy atom. The fourth-order valence-electron chi connectivity index (χ4n) is 1.90. The molecule has 0 aromatic rings. The largest absolute Gasteiger partial charge is 0.300 e. The van der Waals surface area contributed by atoms with Gasteiger partial charge in [-0.05, 0) is 45.4 Å². The van der Waals surface area contributed by atoms with E-state index < -0.39 is 0 Å². The van der Waals surface area contributed by atoms with Crippen LogP contribution in [0.3, 0.4) is 0 Å². The molecule has 0 rings (SSSR count). The molecule has 17 heavy (non-hydrogen) atoms. The molecule has 0 N–H and O–H groups in total. The van der Waals surface area contributed by atoms with Gasteiger partial charge in [0.25, 0.3) is 0 Å². The number of carbonyl (C=O) groups excluding carboxylic acids is 1. The molecule has 1 nitrogen and oxygen atoms in total. The number of rotatable bonds is 9. The normalized spacial score (nSPS) is 11.4. The Morgan fingerprint density at radius 2 is 1.29 bits per heavy atom. The Labute approximate surface area is 107 Å². The SMILES string of the molecule is CCC(=CCCC(=CCCC(C)=O)CC)CC. The van der Waals surface area contributed by atoms with Crippen molar-refractivity contribution < 1.29 is 4.79 Å². The van der Waals surface area contributed by atoms with Gasteiger partial charge in [0.05, 0.1) is 0 Å². The Morgan fingerprint density at radius 1 is 0.824 bits per heavy atom. The average molecular weight is 236 g/mol. The second-order valence-corrected chi connectivity index (χ2v) is 4.56. The highest BCUT2D eigenvalue weighted by Crippen LogP contribution is 2.14. The summed E-state index contributed by atoms with van der Waals surface area (Å²) in [5.41, 5.74) is 3.05. The average Bonchev–Trinajstić information content (AvgIpc) is 2.32. The molecule has 0 unspecified atom stereocenters. The second-order valence-electron chi connectivity index (χ2n) is 4.56. The van der Waals surface area contributed by atoms with Crippen LogP contribution >= 0.6 is 0 Å². The van der Waals surface area contributed by atoms with Crippen molar-refractivity contribution >= 4 is 5.78 Å². The highest BCUT2D eigenvalue weighted by atomic mass is 16.1. The monoisotopic (exact) mass is 236 g/mol. The van der Waals surface area contributed by atoms with Gasteiger partial charge in [-0.2, -0.15) is 0 Å². The third-order valence-electron chi connectivity index (χ3n) is 3.19. The molecule has 0 saturated heterocycles. The number of carbonyl (C=O) groups is 1. The van der Waals surface area contributed by atoms with E-state index in [1.165, 1.54) is 18.4 Å². The predicted molar refractivity (Wildman–Crippen MR) is 76.2 cm³/mol. The molecule has 0 heterocycles. The maximum atomic E-state index is 10.9. The zero-order valence-corrected chi connectivity index (χ0v) is 12.0. The van der Waals surface area contributed by atoms with Gasteiger partial charge in [-0.25, -0.2) is 0 Å². The van der Waals surface area contributed by atoms with Crippen molar-refractivity contribution in [3.05, 3.63) is 23.3 Å². The fourth-order valence-corrected chi connectivity index (χ4v) is 1.90. The van der Waals surface area contributed by atoms with Gasteiger partial charge in [0.15, 0.2) is 0 Å². The minimum atomic E-state index is 0.288. The van der Waals surface area contributed by atoms with Crippen molar-refractivity contribution in [3.63, 3.8) is 0 Å². The van der Waals surface area contributed by atoms with E-state index in [4.69, 9.17) is 0 Å². The van der Waals surface area contributed by atoms with Gasteiger partial charge in [0, 0.05) is 6.42 Å². The predicted octanol–water partition coefficient (Wildman–Crippen LogP) is 5.22. The first kappa shape index (κ1) is 16.1. The molecule has 0 atom stereocenters. The fraction of sp³-hybridized carbons (Fsp3) is 0.688. The number of ketones is 1. The Hall–Kier alpha value is -0.850. The third kappa shape index (κ3) is 8.91. The van der Waals surface area contributed by atoms with Gasteiger partial charge in [-0.3, -0.25) is 0 Å². The molecule has 0 aliphatic carbocycles. The molecular formula is C16H28O. The van der Waals surface area contributed by atoms with E-state index in [0.29, 0.717) is 6.42 Å². The van der Waals surface area contributed by atoms with Gasteiger partial charge in [0.2, 0.25) is 0 Å². The summed E-state index contributed by atoms with van der Waals surface area (Å²) in [7, 11) is 0. The lowest BCUT2D eigenvalue weighted by atomic mass is 10.0. The molecule has 0 spiro atoms. The Bertz CT molecular complexity index is 265. The summed E-state index contributed by atoms with van der Waals surface area (Å²) in [4.78, 5) is 10.9. The summed E-state index contributed by atoms with van der Waals surface area (Å²) in [6.45, 7) is 8.30. The van der Waals surface area contributed by atoms with Crippen LogP contribution in [0.4, 0.5) is 0 Å². The van der Waals surface area contributed by atoms with Crippen LogP contribution < -0.4 is 0 Å². The van der Waals surface area contributed by atoms with E-state index >= 15 is 0 Å². The maximum absolute atomic E-state index is 10.9. The van der Waals surface area contributed by atoms with Crippen LogP contribution in [0.2, 0.25) is 0 Å². The maximum Gasteiger partial charge on any atom is 0.130 e. The summed E-state index contributed by atoms with van der Waals surface area (Å²) in [6.07, 6.45) is 12.0. The summed E-state index contributed by atoms with van der Waals surface area (Å²) in [5, 5.41) is 0. The molecule has 0 amide bonds. The highest BCUT2D eigenvalue weighted by molar-refractivity contribution is 5.75. The van der Waals surface area contributed by atoms with Gasteiger partial charge < -0.3 is 4.79 Å². The smallest absolute Gasteiger partial charge is 0.130 e. The van der Waals surface area contributed by atoms with Crippen LogP contribution in [0.15, 0.2) is 23.3 Å². The van der Waals surface area contributed by atoms with Gasteiger partial charge in [0.1, 0.15) is 5.78 Å². The number of hydrogen-bond donors (Lipinski definition) is 0. The van der Waals surface area contributed by atoms with Crippen molar-refractivity contribution in [1.82, 2.24) is 0 Å². The number of hydrogen-bond acceptors (Lipinski definition) is 1. The van der Waals surface area contributed by atoms with Gasteiger partial charge in [-0.15, -0.1) is 0 Å². The minimum absolute atomic E-state index is 0.288. The molecule has 0 saturated carbocycles. The first-order valence-electron chi connectivity index (χ1n) is 6.99. The molecule has 0 aromatic carbocycles. The summed E-state index contributed by atoms with van der Waals surface area (Å²) < 4.78 is 0. The minimum Gasteiger partial charge on any atom is -0.300 e. The molecule has 0 radical (unpaired) electrons. The number of Topliss-reactive ketones (excluding diaryl/α,β-unsaturated/α-hetero) is 1. The quantitative estimate of drug-likeness (QED) is 0.502. The molecule has 98 valence electrons. The zero-order valence-electron chi connectivity index (χ0n) is 12.0. The molecule has 0 bridgehead atoms. The van der Waals surface area contributed by atoms with Crippen LogP contribution in [-0.2, 0) is 4.79 Å². The second kappa shape index (κ2) is 10.3. The highest BCUT2D eigenvalue weighted by Gasteiger charge is 1.96. The topological polar surface area (TPSA) is 17.1 Å². The standard InChI is InChI=1S/C16H28O/c1-5-15(6-2)11-9-13-16(7-3)12-8-10-14(4)17/h11-12H,5-10,13H2,1-4H3. The molecule has 0 aromatic heterocycles. The van der Waals surface area contributed by atoms with Crippen molar-refractivity contribution in [2.45, 2.75) is 72.6 Å². The summed E-state index contributed by atoms with van der Waals surface area (Å²) in [6, 6.07) is 0. The van der Waals surface area contributed by atoms with E-state index in [9.17, 15) is 4.79 Å². The van der Waals surface area contributed by atoms with Crippen molar-refractivity contribution in [3.8, 4) is 0 Å². The lowest BCUT2D eigenvalue weighted by Crippen LogP contribution is -1.89. The molecule has 0 aliphatic rings. The van der Waals surface area contributed by atoms with Gasteiger partial charge in [-0.1, -0.05) is 44.1 Å². The van der Waals surface area contributed by atoms with Crippen LogP contribution in [0.25, 0.3) is 0 Å². The third-order valence-corrected chi connectivity index (χ3v) is 3.19.